The first kappa shape index (κ1) is 35.8. The molecule has 0 radical (unpaired) electrons. The van der Waals surface area contributed by atoms with E-state index in [1.54, 1.807) is 0 Å². The van der Waals surface area contributed by atoms with Crippen molar-refractivity contribution in [1.29, 1.82) is 0 Å². The molecule has 1 aromatic rings. The second kappa shape index (κ2) is 13.6. The fourth-order valence-electron chi connectivity index (χ4n) is 6.80. The molecule has 0 amide bonds. The minimum atomic E-state index is -1.61. The number of carbonyl (C=O) groups is 2. The van der Waals surface area contributed by atoms with Gasteiger partial charge >= 0.3 is 29.0 Å². The number of carboxylic acids is 2. The van der Waals surface area contributed by atoms with Gasteiger partial charge in [-0.05, 0) is 81.8 Å². The van der Waals surface area contributed by atoms with Crippen molar-refractivity contribution < 1.29 is 42.0 Å². The van der Waals surface area contributed by atoms with Crippen LogP contribution in [0.4, 0.5) is 0 Å². The topological polar surface area (TPSA) is 151 Å². The van der Waals surface area contributed by atoms with E-state index in [4.69, 9.17) is 33.6 Å². The minimum Gasteiger partial charge on any atom is -0.678 e. The summed E-state index contributed by atoms with van der Waals surface area (Å²) in [5.41, 5.74) is 6.89. The van der Waals surface area contributed by atoms with Crippen molar-refractivity contribution >= 4 is 49.3 Å². The largest absolute Gasteiger partial charge is 4.00 e. The number of rotatable bonds is 6. The molecular formula is C34H38FeN4O5S2. The number of hydrogen-bond acceptors (Lipinski definition) is 5. The Morgan fingerprint density at radius 1 is 0.891 bits per heavy atom. The van der Waals surface area contributed by atoms with Crippen LogP contribution >= 0.6 is 25.3 Å². The average Bonchev–Trinajstić information content (AvgIpc) is 3.57. The third-order valence-corrected chi connectivity index (χ3v) is 9.51. The van der Waals surface area contributed by atoms with Crippen LogP contribution in [0.5, 0.6) is 0 Å². The molecule has 4 aliphatic heterocycles. The van der Waals surface area contributed by atoms with E-state index in [2.05, 4.69) is 12.6 Å². The molecule has 244 valence electrons. The summed E-state index contributed by atoms with van der Waals surface area (Å²) in [4.78, 5) is 29.6. The van der Waals surface area contributed by atoms with Gasteiger partial charge in [0.15, 0.2) is 0 Å². The summed E-state index contributed by atoms with van der Waals surface area (Å²) >= 11 is 9.35. The van der Waals surface area contributed by atoms with Gasteiger partial charge in [-0.1, -0.05) is 51.6 Å². The molecule has 0 saturated carbocycles. The van der Waals surface area contributed by atoms with Crippen LogP contribution in [0.25, 0.3) is 28.1 Å². The SMILES string of the molecule is CC1=C2C[C@]3(O)[N-]C(=C(C)C/3=C(/C)S)/C=C3/[N-][C@H](/C=c4/[n-]/c(c(C)c4CCC(=O)O)=C\[C@@H]([N-]2)/C1=C(/C)S)C(CCC(=O)O)=C3C.[Fe+4]. The van der Waals surface area contributed by atoms with Gasteiger partial charge in [0.1, 0.15) is 0 Å². The molecule has 5 rings (SSSR count). The third-order valence-electron chi connectivity index (χ3n) is 9.05. The molecule has 0 aliphatic carbocycles. The van der Waals surface area contributed by atoms with Crippen LogP contribution in [-0.2, 0) is 33.1 Å². The second-order valence-corrected chi connectivity index (χ2v) is 13.4. The molecule has 0 spiro atoms. The number of fused-ring (bicyclic) bond motifs is 8. The smallest absolute Gasteiger partial charge is 0.678 e. The molecule has 0 saturated heterocycles. The molecular weight excluding hydrogens is 664 g/mol. The fourth-order valence-corrected chi connectivity index (χ4v) is 7.44. The quantitative estimate of drug-likeness (QED) is 0.194. The van der Waals surface area contributed by atoms with Gasteiger partial charge in [0, 0.05) is 18.6 Å². The number of carboxylic acid groups (broad SMARTS) is 2. The molecule has 9 nitrogen and oxygen atoms in total. The van der Waals surface area contributed by atoms with Gasteiger partial charge in [0.2, 0.25) is 0 Å². The zero-order valence-electron chi connectivity index (χ0n) is 26.6. The fraction of sp³-hybridized carbons (Fsp3) is 0.412. The molecule has 4 aliphatic rings. The molecule has 12 heteroatoms. The van der Waals surface area contributed by atoms with Gasteiger partial charge in [0.25, 0.3) is 0 Å². The third kappa shape index (κ3) is 6.69. The molecule has 0 aromatic carbocycles. The molecule has 46 heavy (non-hydrogen) atoms. The van der Waals surface area contributed by atoms with Gasteiger partial charge < -0.3 is 36.3 Å². The van der Waals surface area contributed by atoms with Crippen LogP contribution in [0.15, 0.2) is 66.4 Å². The van der Waals surface area contributed by atoms with Crippen LogP contribution in [0.3, 0.4) is 0 Å². The summed E-state index contributed by atoms with van der Waals surface area (Å²) in [6, 6.07) is -0.919. The first-order valence-corrected chi connectivity index (χ1v) is 15.8. The monoisotopic (exact) mass is 702 g/mol. The molecule has 8 bridgehead atoms. The predicted molar refractivity (Wildman–Crippen MR) is 182 cm³/mol. The van der Waals surface area contributed by atoms with Crippen LogP contribution in [-0.4, -0.2) is 45.1 Å². The van der Waals surface area contributed by atoms with E-state index in [0.29, 0.717) is 38.3 Å². The predicted octanol–water partition coefficient (Wildman–Crippen LogP) is 5.54. The normalized spacial score (nSPS) is 28.6. The summed E-state index contributed by atoms with van der Waals surface area (Å²) in [6.45, 7) is 11.5. The van der Waals surface area contributed by atoms with Crippen molar-refractivity contribution in [1.82, 2.24) is 4.98 Å². The maximum Gasteiger partial charge on any atom is 4.00 e. The summed E-state index contributed by atoms with van der Waals surface area (Å²) in [5, 5.41) is 47.3. The van der Waals surface area contributed by atoms with Crippen LogP contribution < -0.4 is 15.7 Å². The summed E-state index contributed by atoms with van der Waals surface area (Å²) in [5.74, 6) is -1.82. The zero-order valence-corrected chi connectivity index (χ0v) is 29.5. The van der Waals surface area contributed by atoms with Crippen molar-refractivity contribution in [3.05, 3.63) is 104 Å². The standard InChI is InChI=1S/C34H38N4O5S2.Fe/c1-15-21(7-9-30(39)40)26-13-27-22(8-10-31(41)42)16(2)24(36-27)12-28-32(19(5)44)17(3)29(37-28)14-34(43)33(20(6)45)18(4)25(38-34)11-23(15)35-26;/h11-13,26,28,43-45H,7-10,14H2,1-6H3,(H,39,40)(H,41,42);/q-4;+4/b23-11+,24-12-,27-13+,32-19-,33-20+;/t26-,28-,34-;/m1./s1. The van der Waals surface area contributed by atoms with E-state index in [1.807, 2.05) is 59.8 Å². The molecule has 3 N–H and O–H groups in total. The maximum atomic E-state index is 12.1. The number of aliphatic hydroxyl groups is 1. The van der Waals surface area contributed by atoms with Crippen molar-refractivity contribution in [2.75, 3.05) is 0 Å². The average molecular weight is 703 g/mol. The van der Waals surface area contributed by atoms with Crippen molar-refractivity contribution in [2.45, 2.75) is 91.5 Å². The second-order valence-electron chi connectivity index (χ2n) is 12.1. The first-order valence-electron chi connectivity index (χ1n) is 14.9. The first-order chi connectivity index (χ1) is 21.1. The van der Waals surface area contributed by atoms with E-state index in [9.17, 15) is 24.9 Å². The van der Waals surface area contributed by atoms with Crippen molar-refractivity contribution in [3.8, 4) is 0 Å². The molecule has 3 atom stereocenters. The van der Waals surface area contributed by atoms with Crippen LogP contribution in [0, 0.1) is 6.92 Å². The molecule has 0 fully saturated rings. The van der Waals surface area contributed by atoms with E-state index in [1.165, 1.54) is 0 Å². The number of nitrogens with zero attached hydrogens (tertiary/aromatic N) is 4. The molecule has 0 unspecified atom stereocenters. The zero-order chi connectivity index (χ0) is 33.0. The van der Waals surface area contributed by atoms with Crippen LogP contribution in [0.2, 0.25) is 0 Å². The van der Waals surface area contributed by atoms with Gasteiger partial charge in [-0.3, -0.25) is 9.59 Å². The maximum absolute atomic E-state index is 12.1. The number of hydrogen-bond donors (Lipinski definition) is 5. The number of thiol groups is 2. The summed E-state index contributed by atoms with van der Waals surface area (Å²) in [7, 11) is 0. The van der Waals surface area contributed by atoms with E-state index >= 15 is 0 Å². The Morgan fingerprint density at radius 2 is 1.52 bits per heavy atom. The molecule has 5 heterocycles. The number of allylic oxidation sites excluding steroid dienone is 4. The number of aliphatic carboxylic acids is 2. The van der Waals surface area contributed by atoms with Crippen molar-refractivity contribution in [2.24, 2.45) is 0 Å². The van der Waals surface area contributed by atoms with Gasteiger partial charge in [-0.25, -0.2) is 0 Å². The number of aromatic nitrogens is 1. The Kier molecular flexibility index (Phi) is 10.6. The Balaban J connectivity index is 0.00000480. The summed E-state index contributed by atoms with van der Waals surface area (Å²) in [6.07, 6.45) is 6.28. The van der Waals surface area contributed by atoms with E-state index in [0.717, 1.165) is 43.9 Å². The Hall–Kier alpha value is -3.02. The van der Waals surface area contributed by atoms with Gasteiger partial charge in [0.05, 0.1) is 0 Å². The van der Waals surface area contributed by atoms with E-state index in [-0.39, 0.29) is 49.2 Å². The van der Waals surface area contributed by atoms with Crippen LogP contribution in [0.1, 0.15) is 71.4 Å². The Bertz CT molecular complexity index is 1820. The minimum absolute atomic E-state index is 0. The van der Waals surface area contributed by atoms with E-state index < -0.39 is 29.7 Å². The Labute approximate surface area is 290 Å². The Morgan fingerprint density at radius 3 is 2.13 bits per heavy atom. The summed E-state index contributed by atoms with van der Waals surface area (Å²) < 4.78 is 0. The molecule has 1 aromatic heterocycles. The van der Waals surface area contributed by atoms with Crippen molar-refractivity contribution in [3.63, 3.8) is 0 Å². The van der Waals surface area contributed by atoms with Gasteiger partial charge in [-0.2, -0.15) is 5.70 Å². The van der Waals surface area contributed by atoms with Gasteiger partial charge in [-0.15, -0.1) is 59.5 Å².